The summed E-state index contributed by atoms with van der Waals surface area (Å²) < 4.78 is 40.4. The largest absolute Gasteiger partial charge is 0.496 e. The smallest absolute Gasteiger partial charge is 0.217 e. The second-order valence-electron chi connectivity index (χ2n) is 4.71. The molecule has 5 nitrogen and oxygen atoms in total. The molecule has 0 saturated heterocycles. The Morgan fingerprint density at radius 3 is 2.00 bits per heavy atom. The zero-order valence-electron chi connectivity index (χ0n) is 13.4. The van der Waals surface area contributed by atoms with Crippen molar-refractivity contribution in [3.63, 3.8) is 0 Å². The molecule has 0 aliphatic rings. The van der Waals surface area contributed by atoms with Crippen LogP contribution < -0.4 is 14.2 Å². The molecule has 24 heavy (non-hydrogen) atoms. The van der Waals surface area contributed by atoms with Gasteiger partial charge in [0.15, 0.2) is 11.5 Å². The standard InChI is InChI=1S/C17H17ClO5S/c1-21-14-11-16(23-3)15(22-2)9-12(14)10-17(18)24(19,20)13-7-5-4-6-8-13/h4-11H,1-3H3/b17-10-. The third-order valence-electron chi connectivity index (χ3n) is 3.32. The summed E-state index contributed by atoms with van der Waals surface area (Å²) in [6.45, 7) is 0. The van der Waals surface area contributed by atoms with Crippen molar-refractivity contribution < 1.29 is 22.6 Å². The van der Waals surface area contributed by atoms with Crippen LogP contribution >= 0.6 is 11.6 Å². The predicted molar refractivity (Wildman–Crippen MR) is 93.6 cm³/mol. The van der Waals surface area contributed by atoms with Gasteiger partial charge in [0.1, 0.15) is 10.1 Å². The highest BCUT2D eigenvalue weighted by atomic mass is 35.5. The second kappa shape index (κ2) is 7.59. The van der Waals surface area contributed by atoms with Crippen LogP contribution in [0.1, 0.15) is 5.56 Å². The summed E-state index contributed by atoms with van der Waals surface area (Å²) in [4.78, 5) is 0.116. The molecule has 0 N–H and O–H groups in total. The van der Waals surface area contributed by atoms with Gasteiger partial charge >= 0.3 is 0 Å². The summed E-state index contributed by atoms with van der Waals surface area (Å²) in [5.74, 6) is 1.31. The molecular weight excluding hydrogens is 352 g/mol. The Bertz CT molecular complexity index is 845. The molecule has 0 fully saturated rings. The first-order valence-corrected chi connectivity index (χ1v) is 8.77. The second-order valence-corrected chi connectivity index (χ2v) is 7.26. The van der Waals surface area contributed by atoms with E-state index in [1.165, 1.54) is 39.5 Å². The van der Waals surface area contributed by atoms with Gasteiger partial charge < -0.3 is 14.2 Å². The zero-order valence-corrected chi connectivity index (χ0v) is 15.0. The van der Waals surface area contributed by atoms with Crippen LogP contribution in [0.4, 0.5) is 0 Å². The van der Waals surface area contributed by atoms with Crippen LogP contribution in [0.3, 0.4) is 0 Å². The highest BCUT2D eigenvalue weighted by Gasteiger charge is 2.20. The maximum atomic E-state index is 12.5. The van der Waals surface area contributed by atoms with Gasteiger partial charge in [-0.2, -0.15) is 0 Å². The summed E-state index contributed by atoms with van der Waals surface area (Å²) in [5, 5.41) is 0. The minimum Gasteiger partial charge on any atom is -0.496 e. The van der Waals surface area contributed by atoms with Crippen molar-refractivity contribution in [2.24, 2.45) is 0 Å². The van der Waals surface area contributed by atoms with Gasteiger partial charge in [-0.1, -0.05) is 29.8 Å². The maximum absolute atomic E-state index is 12.5. The first-order chi connectivity index (χ1) is 11.4. The molecule has 128 valence electrons. The molecule has 0 atom stereocenters. The van der Waals surface area contributed by atoms with Gasteiger partial charge in [-0.05, 0) is 24.3 Å². The molecule has 2 aromatic carbocycles. The number of hydrogen-bond acceptors (Lipinski definition) is 5. The van der Waals surface area contributed by atoms with E-state index in [9.17, 15) is 8.42 Å². The van der Waals surface area contributed by atoms with Gasteiger partial charge in [-0.25, -0.2) is 8.42 Å². The van der Waals surface area contributed by atoms with Crippen LogP contribution in [-0.4, -0.2) is 29.7 Å². The summed E-state index contributed by atoms with van der Waals surface area (Å²) >= 11 is 6.09. The van der Waals surface area contributed by atoms with Crippen LogP contribution in [0.25, 0.3) is 6.08 Å². The number of hydrogen-bond donors (Lipinski definition) is 0. The number of methoxy groups -OCH3 is 3. The van der Waals surface area contributed by atoms with E-state index in [4.69, 9.17) is 25.8 Å². The summed E-state index contributed by atoms with van der Waals surface area (Å²) in [7, 11) is 0.658. The highest BCUT2D eigenvalue weighted by molar-refractivity contribution is 7.97. The number of rotatable bonds is 6. The van der Waals surface area contributed by atoms with Crippen LogP contribution in [0.2, 0.25) is 0 Å². The van der Waals surface area contributed by atoms with Crippen molar-refractivity contribution in [1.82, 2.24) is 0 Å². The number of halogens is 1. The molecule has 0 radical (unpaired) electrons. The summed E-state index contributed by atoms with van der Waals surface area (Å²) in [5.41, 5.74) is 0.458. The molecule has 0 aliphatic heterocycles. The Kier molecular flexibility index (Phi) is 5.75. The minimum atomic E-state index is -3.80. The number of sulfone groups is 1. The first kappa shape index (κ1) is 18.2. The Morgan fingerprint density at radius 1 is 0.917 bits per heavy atom. The van der Waals surface area contributed by atoms with E-state index >= 15 is 0 Å². The Hall–Kier alpha value is -2.18. The molecule has 7 heteroatoms. The van der Waals surface area contributed by atoms with E-state index in [-0.39, 0.29) is 9.26 Å². The zero-order chi connectivity index (χ0) is 17.7. The Morgan fingerprint density at radius 2 is 1.46 bits per heavy atom. The predicted octanol–water partition coefficient (Wildman–Crippen LogP) is 3.72. The van der Waals surface area contributed by atoms with Crippen LogP contribution in [-0.2, 0) is 9.84 Å². The van der Waals surface area contributed by atoms with E-state index in [1.807, 2.05) is 0 Å². The van der Waals surface area contributed by atoms with Gasteiger partial charge in [0, 0.05) is 11.6 Å². The molecule has 2 rings (SSSR count). The van der Waals surface area contributed by atoms with E-state index in [2.05, 4.69) is 0 Å². The van der Waals surface area contributed by atoms with Crippen molar-refractivity contribution in [2.75, 3.05) is 21.3 Å². The maximum Gasteiger partial charge on any atom is 0.217 e. The molecule has 0 saturated carbocycles. The van der Waals surface area contributed by atoms with Gasteiger partial charge in [0.05, 0.1) is 26.2 Å². The topological polar surface area (TPSA) is 61.8 Å². The summed E-state index contributed by atoms with van der Waals surface area (Å²) in [6.07, 6.45) is 1.32. The van der Waals surface area contributed by atoms with Crippen LogP contribution in [0, 0.1) is 0 Å². The lowest BCUT2D eigenvalue weighted by molar-refractivity contribution is 0.348. The highest BCUT2D eigenvalue weighted by Crippen LogP contribution is 2.37. The average molecular weight is 369 g/mol. The van der Waals surface area contributed by atoms with Crippen molar-refractivity contribution >= 4 is 27.5 Å². The number of ether oxygens (including phenoxy) is 3. The fraction of sp³-hybridized carbons (Fsp3) is 0.176. The van der Waals surface area contributed by atoms with Crippen molar-refractivity contribution in [3.05, 3.63) is 52.4 Å². The minimum absolute atomic E-state index is 0.116. The molecule has 0 heterocycles. The fourth-order valence-corrected chi connectivity index (χ4v) is 3.49. The third kappa shape index (κ3) is 3.66. The molecule has 0 aromatic heterocycles. The Labute approximate surface area is 146 Å². The van der Waals surface area contributed by atoms with Crippen LogP contribution in [0.5, 0.6) is 17.2 Å². The van der Waals surface area contributed by atoms with E-state index in [0.717, 1.165) is 0 Å². The quantitative estimate of drug-likeness (QED) is 0.777. The lowest BCUT2D eigenvalue weighted by Crippen LogP contribution is -2.01. The third-order valence-corrected chi connectivity index (χ3v) is 5.56. The SMILES string of the molecule is COc1cc(OC)c(OC)cc1/C=C(/Cl)S(=O)(=O)c1ccccc1. The first-order valence-electron chi connectivity index (χ1n) is 6.91. The molecule has 0 aliphatic carbocycles. The Balaban J connectivity index is 2.54. The molecule has 0 spiro atoms. The summed E-state index contributed by atoms with van der Waals surface area (Å²) in [6, 6.07) is 11.2. The van der Waals surface area contributed by atoms with Crippen LogP contribution in [0.15, 0.2) is 51.7 Å². The monoisotopic (exact) mass is 368 g/mol. The van der Waals surface area contributed by atoms with Crippen molar-refractivity contribution in [2.45, 2.75) is 4.90 Å². The fourth-order valence-electron chi connectivity index (χ4n) is 2.08. The van der Waals surface area contributed by atoms with Crippen molar-refractivity contribution in [1.29, 1.82) is 0 Å². The molecule has 0 bridgehead atoms. The van der Waals surface area contributed by atoms with E-state index in [0.29, 0.717) is 22.8 Å². The van der Waals surface area contributed by atoms with Gasteiger partial charge in [0.2, 0.25) is 9.84 Å². The van der Waals surface area contributed by atoms with Gasteiger partial charge in [0.25, 0.3) is 0 Å². The average Bonchev–Trinajstić information content (AvgIpc) is 2.61. The lowest BCUT2D eigenvalue weighted by Gasteiger charge is -2.12. The van der Waals surface area contributed by atoms with E-state index in [1.54, 1.807) is 30.3 Å². The van der Waals surface area contributed by atoms with Gasteiger partial charge in [-0.3, -0.25) is 0 Å². The lowest BCUT2D eigenvalue weighted by atomic mass is 10.1. The number of benzene rings is 2. The molecule has 0 amide bonds. The normalized spacial score (nSPS) is 11.9. The molecule has 2 aromatic rings. The van der Waals surface area contributed by atoms with Crippen molar-refractivity contribution in [3.8, 4) is 17.2 Å². The van der Waals surface area contributed by atoms with E-state index < -0.39 is 9.84 Å². The van der Waals surface area contributed by atoms with Gasteiger partial charge in [-0.15, -0.1) is 0 Å². The molecular formula is C17H17ClO5S. The molecule has 0 unspecified atom stereocenters.